The predicted molar refractivity (Wildman–Crippen MR) is 193 cm³/mol. The second kappa shape index (κ2) is 14.3. The van der Waals surface area contributed by atoms with Crippen molar-refractivity contribution in [2.45, 2.75) is 37.8 Å². The SMILES string of the molecule is COc1cc(NC(=O)CO)c2cc1Oc1ccc(cc1)C[C@H]1c3cc(c(OC)cc3CCN1C)Oc1c(OC)c(OC)cc3c1[C@H](C2)N(C)CC3. The van der Waals surface area contributed by atoms with E-state index in [1.165, 1.54) is 11.1 Å². The number of fused-ring (bicyclic) bond motifs is 2. The van der Waals surface area contributed by atoms with E-state index in [4.69, 9.17) is 28.4 Å². The van der Waals surface area contributed by atoms with E-state index in [0.717, 1.165) is 54.6 Å². The number of nitrogens with zero attached hydrogens (tertiary/aromatic N) is 2. The van der Waals surface area contributed by atoms with Crippen LogP contribution < -0.4 is 33.7 Å². The summed E-state index contributed by atoms with van der Waals surface area (Å²) in [6.45, 7) is 1.03. The summed E-state index contributed by atoms with van der Waals surface area (Å²) in [5.74, 6) is 3.90. The molecule has 51 heavy (non-hydrogen) atoms. The molecule has 6 bridgehead atoms. The summed E-state index contributed by atoms with van der Waals surface area (Å²) in [7, 11) is 10.7. The predicted octanol–water partition coefficient (Wildman–Crippen LogP) is 6.09. The molecule has 8 rings (SSSR count). The van der Waals surface area contributed by atoms with Gasteiger partial charge in [0.1, 0.15) is 12.4 Å². The Balaban J connectivity index is 1.49. The van der Waals surface area contributed by atoms with Crippen molar-refractivity contribution in [2.24, 2.45) is 0 Å². The van der Waals surface area contributed by atoms with Gasteiger partial charge < -0.3 is 38.8 Å². The Bertz CT molecular complexity index is 1950. The zero-order valence-electron chi connectivity index (χ0n) is 30.0. The lowest BCUT2D eigenvalue weighted by Crippen LogP contribution is -2.34. The Morgan fingerprint density at radius 1 is 0.765 bits per heavy atom. The van der Waals surface area contributed by atoms with Gasteiger partial charge in [0.15, 0.2) is 34.5 Å². The van der Waals surface area contributed by atoms with E-state index in [2.05, 4.69) is 53.5 Å². The Morgan fingerprint density at radius 3 is 2.10 bits per heavy atom. The molecule has 0 radical (unpaired) electrons. The highest BCUT2D eigenvalue weighted by Gasteiger charge is 2.35. The summed E-state index contributed by atoms with van der Waals surface area (Å²) in [6, 6.07) is 17.9. The van der Waals surface area contributed by atoms with Crippen LogP contribution in [-0.4, -0.2) is 83.0 Å². The lowest BCUT2D eigenvalue weighted by Gasteiger charge is -2.37. The molecular formula is C40H45N3O8. The van der Waals surface area contributed by atoms with Crippen LogP contribution in [0.2, 0.25) is 0 Å². The number of aliphatic hydroxyl groups is 1. The molecule has 4 aliphatic heterocycles. The summed E-state index contributed by atoms with van der Waals surface area (Å²) in [5, 5.41) is 12.5. The minimum atomic E-state index is -0.660. The number of ether oxygens (including phenoxy) is 6. The van der Waals surface area contributed by atoms with Gasteiger partial charge in [-0.05, 0) is 104 Å². The molecule has 268 valence electrons. The van der Waals surface area contributed by atoms with Gasteiger partial charge in [-0.15, -0.1) is 0 Å². The second-order valence-electron chi connectivity index (χ2n) is 13.3. The molecule has 1 amide bonds. The van der Waals surface area contributed by atoms with Crippen LogP contribution in [0.5, 0.6) is 46.0 Å². The van der Waals surface area contributed by atoms with Gasteiger partial charge in [-0.25, -0.2) is 0 Å². The molecule has 4 aliphatic rings. The zero-order chi connectivity index (χ0) is 35.8. The van der Waals surface area contributed by atoms with Crippen LogP contribution in [0.3, 0.4) is 0 Å². The topological polar surface area (TPSA) is 111 Å². The number of likely N-dealkylation sites (N-methyl/N-ethyl adjacent to an activating group) is 2. The average molecular weight is 696 g/mol. The number of carbonyl (C=O) groups is 1. The molecule has 11 nitrogen and oxygen atoms in total. The Morgan fingerprint density at radius 2 is 1.41 bits per heavy atom. The van der Waals surface area contributed by atoms with E-state index >= 15 is 0 Å². The lowest BCUT2D eigenvalue weighted by atomic mass is 9.86. The van der Waals surface area contributed by atoms with Gasteiger partial charge in [-0.2, -0.15) is 0 Å². The molecule has 0 fully saturated rings. The minimum absolute atomic E-state index is 0.108. The highest BCUT2D eigenvalue weighted by Crippen LogP contribution is 2.52. The highest BCUT2D eigenvalue weighted by molar-refractivity contribution is 5.92. The molecular weight excluding hydrogens is 650 g/mol. The maximum absolute atomic E-state index is 12.6. The normalized spacial score (nSPS) is 18.3. The van der Waals surface area contributed by atoms with E-state index in [0.29, 0.717) is 58.1 Å². The quantitative estimate of drug-likeness (QED) is 0.246. The molecule has 4 aromatic carbocycles. The first kappa shape index (κ1) is 34.5. The fourth-order valence-electron chi connectivity index (χ4n) is 7.65. The van der Waals surface area contributed by atoms with Gasteiger partial charge in [0.25, 0.3) is 0 Å². The van der Waals surface area contributed by atoms with Gasteiger partial charge in [0.05, 0.1) is 28.4 Å². The zero-order valence-corrected chi connectivity index (χ0v) is 30.0. The van der Waals surface area contributed by atoms with E-state index in [1.807, 2.05) is 24.3 Å². The number of anilines is 1. The summed E-state index contributed by atoms with van der Waals surface area (Å²) < 4.78 is 37.2. The van der Waals surface area contributed by atoms with Gasteiger partial charge >= 0.3 is 0 Å². The van der Waals surface area contributed by atoms with E-state index in [-0.39, 0.29) is 12.1 Å². The molecule has 4 heterocycles. The van der Waals surface area contributed by atoms with Crippen molar-refractivity contribution in [1.82, 2.24) is 9.80 Å². The Kier molecular flexibility index (Phi) is 9.69. The van der Waals surface area contributed by atoms with Gasteiger partial charge in [0, 0.05) is 42.5 Å². The number of benzene rings is 4. The summed E-state index contributed by atoms with van der Waals surface area (Å²) in [6.07, 6.45) is 2.88. The number of hydrogen-bond acceptors (Lipinski definition) is 10. The molecule has 0 saturated heterocycles. The lowest BCUT2D eigenvalue weighted by molar-refractivity contribution is -0.118. The number of rotatable bonds is 6. The van der Waals surface area contributed by atoms with Crippen LogP contribution in [-0.2, 0) is 30.5 Å². The van der Waals surface area contributed by atoms with Crippen LogP contribution in [0.1, 0.15) is 45.5 Å². The van der Waals surface area contributed by atoms with E-state index < -0.39 is 12.5 Å². The third kappa shape index (κ3) is 6.53. The Labute approximate surface area is 298 Å². The number of amides is 1. The van der Waals surface area contributed by atoms with Crippen molar-refractivity contribution in [3.8, 4) is 46.0 Å². The smallest absolute Gasteiger partial charge is 0.250 e. The van der Waals surface area contributed by atoms with Crippen LogP contribution >= 0.6 is 0 Å². The van der Waals surface area contributed by atoms with Crippen LogP contribution in [0.15, 0.2) is 54.6 Å². The third-order valence-corrected chi connectivity index (χ3v) is 10.4. The molecule has 0 saturated carbocycles. The first-order chi connectivity index (χ1) is 24.7. The van der Waals surface area contributed by atoms with Crippen molar-refractivity contribution in [2.75, 3.05) is 67.5 Å². The number of aliphatic hydroxyl groups excluding tert-OH is 1. The van der Waals surface area contributed by atoms with Crippen LogP contribution in [0.25, 0.3) is 0 Å². The highest BCUT2D eigenvalue weighted by atomic mass is 16.5. The van der Waals surface area contributed by atoms with Crippen molar-refractivity contribution in [1.29, 1.82) is 0 Å². The van der Waals surface area contributed by atoms with E-state index in [9.17, 15) is 9.90 Å². The fraction of sp³-hybridized carbons (Fsp3) is 0.375. The van der Waals surface area contributed by atoms with Crippen LogP contribution in [0.4, 0.5) is 5.69 Å². The second-order valence-corrected chi connectivity index (χ2v) is 13.3. The number of methoxy groups -OCH3 is 4. The standard InChI is InChI=1S/C40H45N3O8/c1-42-13-11-24-17-32(46-3)35-20-28(24)30(42)15-23-7-9-27(10-8-23)50-34-19-26(29(21-33(34)47-4)41-37(45)22-44)16-31-38-25(12-14-43(31)2)18-36(48-5)39(49-6)40(38)51-35/h7-10,17-21,30-31,44H,11-16,22H2,1-6H3,(H,41,45)/t30-,31-/m0/s1. The van der Waals surface area contributed by atoms with Gasteiger partial charge in [-0.1, -0.05) is 12.1 Å². The molecule has 11 heteroatoms. The maximum atomic E-state index is 12.6. The fourth-order valence-corrected chi connectivity index (χ4v) is 7.65. The van der Waals surface area contributed by atoms with Gasteiger partial charge in [0.2, 0.25) is 11.7 Å². The third-order valence-electron chi connectivity index (χ3n) is 10.4. The van der Waals surface area contributed by atoms with Gasteiger partial charge in [-0.3, -0.25) is 14.6 Å². The summed E-state index contributed by atoms with van der Waals surface area (Å²) in [5.41, 5.74) is 6.90. The monoisotopic (exact) mass is 695 g/mol. The summed E-state index contributed by atoms with van der Waals surface area (Å²) >= 11 is 0. The number of hydrogen-bond donors (Lipinski definition) is 2. The van der Waals surface area contributed by atoms with Crippen LogP contribution in [0, 0.1) is 0 Å². The number of nitrogens with one attached hydrogen (secondary N) is 1. The molecule has 0 aromatic heterocycles. The Hall–Kier alpha value is -4.97. The van der Waals surface area contributed by atoms with Crippen molar-refractivity contribution >= 4 is 11.6 Å². The molecule has 2 N–H and O–H groups in total. The summed E-state index contributed by atoms with van der Waals surface area (Å²) in [4.78, 5) is 17.3. The van der Waals surface area contributed by atoms with E-state index in [1.54, 1.807) is 34.5 Å². The molecule has 0 unspecified atom stereocenters. The largest absolute Gasteiger partial charge is 0.493 e. The number of carbonyl (C=O) groups excluding carboxylic acids is 1. The molecule has 0 spiro atoms. The first-order valence-corrected chi connectivity index (χ1v) is 17.2. The van der Waals surface area contributed by atoms with Crippen molar-refractivity contribution < 1.29 is 38.3 Å². The average Bonchev–Trinajstić information content (AvgIpc) is 3.14. The molecule has 2 atom stereocenters. The minimum Gasteiger partial charge on any atom is -0.493 e. The van der Waals surface area contributed by atoms with Crippen molar-refractivity contribution in [3.05, 3.63) is 88.0 Å². The molecule has 4 aromatic rings. The molecule has 0 aliphatic carbocycles. The van der Waals surface area contributed by atoms with Crippen molar-refractivity contribution in [3.63, 3.8) is 0 Å². The maximum Gasteiger partial charge on any atom is 0.250 e. The first-order valence-electron chi connectivity index (χ1n) is 17.2.